The average molecular weight is 332 g/mol. The van der Waals surface area contributed by atoms with Gasteiger partial charge in [0.1, 0.15) is 23.9 Å². The number of aromatic nitrogens is 3. The van der Waals surface area contributed by atoms with Crippen LogP contribution >= 0.6 is 0 Å². The molecule has 0 aliphatic rings. The minimum absolute atomic E-state index is 0.00514. The number of aromatic amines is 1. The van der Waals surface area contributed by atoms with E-state index in [4.69, 9.17) is 4.74 Å². The van der Waals surface area contributed by atoms with Crippen molar-refractivity contribution in [2.75, 3.05) is 24.6 Å². The lowest BCUT2D eigenvalue weighted by Gasteiger charge is -2.23. The number of aromatic hydroxyl groups is 1. The number of likely N-dealkylation sites (N-methyl/N-ethyl adjacent to an activating group) is 1. The summed E-state index contributed by atoms with van der Waals surface area (Å²) in [6, 6.07) is 5.06. The quantitative estimate of drug-likeness (QED) is 0.594. The summed E-state index contributed by atoms with van der Waals surface area (Å²) in [5.74, 6) is 0.517. The molecule has 24 heavy (non-hydrogen) atoms. The van der Waals surface area contributed by atoms with Crippen LogP contribution in [0.3, 0.4) is 0 Å². The van der Waals surface area contributed by atoms with Crippen molar-refractivity contribution in [1.29, 1.82) is 0 Å². The summed E-state index contributed by atoms with van der Waals surface area (Å²) in [4.78, 5) is 16.8. The molecule has 0 amide bonds. The molecule has 0 fully saturated rings. The number of hydrogen-bond acceptors (Lipinski definition) is 8. The smallest absolute Gasteiger partial charge is 0.302 e. The van der Waals surface area contributed by atoms with Gasteiger partial charge in [-0.15, -0.1) is 15.3 Å². The van der Waals surface area contributed by atoms with Gasteiger partial charge in [0.05, 0.1) is 6.54 Å². The van der Waals surface area contributed by atoms with Gasteiger partial charge in [0, 0.05) is 25.2 Å². The van der Waals surface area contributed by atoms with Crippen molar-refractivity contribution >= 4 is 23.3 Å². The van der Waals surface area contributed by atoms with Crippen molar-refractivity contribution in [2.24, 2.45) is 10.2 Å². The van der Waals surface area contributed by atoms with Crippen LogP contribution in [0.5, 0.6) is 5.75 Å². The van der Waals surface area contributed by atoms with Gasteiger partial charge in [-0.2, -0.15) is 4.98 Å². The van der Waals surface area contributed by atoms with E-state index in [9.17, 15) is 9.90 Å². The van der Waals surface area contributed by atoms with Gasteiger partial charge in [0.15, 0.2) is 0 Å². The van der Waals surface area contributed by atoms with Gasteiger partial charge in [-0.05, 0) is 26.0 Å². The number of rotatable bonds is 7. The predicted molar refractivity (Wildman–Crippen MR) is 87.9 cm³/mol. The Morgan fingerprint density at radius 1 is 1.42 bits per heavy atom. The zero-order valence-corrected chi connectivity index (χ0v) is 13.9. The highest BCUT2D eigenvalue weighted by Crippen LogP contribution is 2.31. The lowest BCUT2D eigenvalue weighted by molar-refractivity contribution is -0.140. The summed E-state index contributed by atoms with van der Waals surface area (Å²) in [7, 11) is 0. The Hall–Kier alpha value is -2.97. The lowest BCUT2D eigenvalue weighted by atomic mass is 10.2. The summed E-state index contributed by atoms with van der Waals surface area (Å²) in [6.07, 6.45) is 0. The second-order valence-electron chi connectivity index (χ2n) is 5.01. The van der Waals surface area contributed by atoms with Gasteiger partial charge < -0.3 is 14.7 Å². The topological polar surface area (TPSA) is 116 Å². The molecule has 128 valence electrons. The largest absolute Gasteiger partial charge is 0.506 e. The van der Waals surface area contributed by atoms with Crippen LogP contribution in [0.1, 0.15) is 19.7 Å². The number of carbonyl (C=O) groups excluding carboxylic acids is 1. The van der Waals surface area contributed by atoms with Crippen LogP contribution in [0.4, 0.5) is 17.3 Å². The number of benzene rings is 1. The molecule has 2 aromatic rings. The van der Waals surface area contributed by atoms with Crippen molar-refractivity contribution in [3.8, 4) is 5.75 Å². The number of H-pyrrole nitrogens is 1. The van der Waals surface area contributed by atoms with E-state index in [1.54, 1.807) is 19.1 Å². The summed E-state index contributed by atoms with van der Waals surface area (Å²) >= 11 is 0. The lowest BCUT2D eigenvalue weighted by Crippen LogP contribution is -2.27. The number of aryl methyl sites for hydroxylation is 1. The molecule has 0 aliphatic carbocycles. The molecule has 0 aliphatic heterocycles. The van der Waals surface area contributed by atoms with Crippen LogP contribution in [-0.4, -0.2) is 46.0 Å². The number of nitrogens with one attached hydrogen (secondary N) is 1. The third-order valence-corrected chi connectivity index (χ3v) is 3.20. The summed E-state index contributed by atoms with van der Waals surface area (Å²) in [6.45, 7) is 6.63. The first-order valence-corrected chi connectivity index (χ1v) is 7.51. The first-order valence-electron chi connectivity index (χ1n) is 7.51. The fraction of sp³-hybridized carbons (Fsp3) is 0.400. The minimum atomic E-state index is -0.313. The molecule has 0 spiro atoms. The maximum absolute atomic E-state index is 10.8. The number of phenolic OH excluding ortho intramolecular Hbond substituents is 1. The molecule has 0 radical (unpaired) electrons. The third kappa shape index (κ3) is 4.77. The van der Waals surface area contributed by atoms with E-state index in [2.05, 4.69) is 25.4 Å². The number of carbonyl (C=O) groups is 1. The number of hydrogen-bond donors (Lipinski definition) is 2. The van der Waals surface area contributed by atoms with Gasteiger partial charge >= 0.3 is 5.97 Å². The zero-order valence-electron chi connectivity index (χ0n) is 13.9. The molecule has 0 saturated carbocycles. The van der Waals surface area contributed by atoms with Crippen LogP contribution in [0, 0.1) is 6.92 Å². The van der Waals surface area contributed by atoms with Crippen LogP contribution in [-0.2, 0) is 9.53 Å². The molecule has 9 nitrogen and oxygen atoms in total. The molecular weight excluding hydrogens is 312 g/mol. The molecule has 0 unspecified atom stereocenters. The number of anilines is 1. The van der Waals surface area contributed by atoms with Crippen LogP contribution < -0.4 is 4.90 Å². The van der Waals surface area contributed by atoms with Gasteiger partial charge in [0.25, 0.3) is 5.95 Å². The molecule has 2 N–H and O–H groups in total. The molecule has 0 saturated heterocycles. The second kappa shape index (κ2) is 8.04. The van der Waals surface area contributed by atoms with Crippen LogP contribution in [0.15, 0.2) is 28.4 Å². The fourth-order valence-corrected chi connectivity index (χ4v) is 2.04. The summed E-state index contributed by atoms with van der Waals surface area (Å²) < 4.78 is 4.95. The van der Waals surface area contributed by atoms with E-state index in [0.29, 0.717) is 24.6 Å². The number of phenols is 1. The van der Waals surface area contributed by atoms with Crippen LogP contribution in [0.2, 0.25) is 0 Å². The Morgan fingerprint density at radius 3 is 2.79 bits per heavy atom. The van der Waals surface area contributed by atoms with E-state index < -0.39 is 0 Å². The fourth-order valence-electron chi connectivity index (χ4n) is 2.04. The monoisotopic (exact) mass is 332 g/mol. The highest BCUT2D eigenvalue weighted by atomic mass is 16.5. The van der Waals surface area contributed by atoms with Gasteiger partial charge in [-0.25, -0.2) is 0 Å². The number of esters is 1. The molecular formula is C15H20N6O3. The average Bonchev–Trinajstić information content (AvgIpc) is 2.95. The van der Waals surface area contributed by atoms with Gasteiger partial charge in [-0.1, -0.05) is 0 Å². The molecule has 1 aromatic carbocycles. The normalized spacial score (nSPS) is 11.0. The Labute approximate surface area is 139 Å². The first kappa shape index (κ1) is 17.4. The maximum atomic E-state index is 10.8. The Bertz CT molecular complexity index is 728. The van der Waals surface area contributed by atoms with Crippen molar-refractivity contribution in [1.82, 2.24) is 15.2 Å². The standard InChI is InChI=1S/C15H20N6O3/c1-4-21(7-8-24-11(3)22)12-5-6-13(14(23)9-12)18-20-15-16-10(2)17-19-15/h5-6,9,23H,4,7-8H2,1-3H3,(H,16,17,19). The Kier molecular flexibility index (Phi) is 5.83. The van der Waals surface area contributed by atoms with Crippen LogP contribution in [0.25, 0.3) is 0 Å². The number of nitrogens with zero attached hydrogens (tertiary/aromatic N) is 5. The van der Waals surface area contributed by atoms with Gasteiger partial charge in [0.2, 0.25) is 0 Å². The number of azo groups is 1. The van der Waals surface area contributed by atoms with Crippen molar-refractivity contribution in [3.05, 3.63) is 24.0 Å². The molecule has 0 atom stereocenters. The first-order chi connectivity index (χ1) is 11.5. The minimum Gasteiger partial charge on any atom is -0.506 e. The highest BCUT2D eigenvalue weighted by Gasteiger charge is 2.09. The molecule has 2 rings (SSSR count). The molecule has 1 aromatic heterocycles. The predicted octanol–water partition coefficient (Wildman–Crippen LogP) is 2.62. The molecule has 0 bridgehead atoms. The maximum Gasteiger partial charge on any atom is 0.302 e. The van der Waals surface area contributed by atoms with Crippen molar-refractivity contribution in [3.63, 3.8) is 0 Å². The molecule has 1 heterocycles. The summed E-state index contributed by atoms with van der Waals surface area (Å²) in [5, 5.41) is 24.4. The molecule has 9 heteroatoms. The Morgan fingerprint density at radius 2 is 2.21 bits per heavy atom. The zero-order chi connectivity index (χ0) is 17.5. The van der Waals surface area contributed by atoms with E-state index in [0.717, 1.165) is 5.69 Å². The SMILES string of the molecule is CCN(CCOC(C)=O)c1ccc(N=Nc2n[nH]c(C)n2)c(O)c1. The van der Waals surface area contributed by atoms with E-state index in [1.165, 1.54) is 6.92 Å². The van der Waals surface area contributed by atoms with E-state index >= 15 is 0 Å². The van der Waals surface area contributed by atoms with Gasteiger partial charge in [-0.3, -0.25) is 9.89 Å². The summed E-state index contributed by atoms with van der Waals surface area (Å²) in [5.41, 5.74) is 1.12. The number of ether oxygens (including phenoxy) is 1. The van der Waals surface area contributed by atoms with Crippen molar-refractivity contribution in [2.45, 2.75) is 20.8 Å². The third-order valence-electron chi connectivity index (χ3n) is 3.20. The van der Waals surface area contributed by atoms with E-state index in [1.807, 2.05) is 17.9 Å². The second-order valence-corrected chi connectivity index (χ2v) is 5.01. The van der Waals surface area contributed by atoms with E-state index in [-0.39, 0.29) is 24.3 Å². The highest BCUT2D eigenvalue weighted by molar-refractivity contribution is 5.66. The Balaban J connectivity index is 2.07. The van der Waals surface area contributed by atoms with Crippen molar-refractivity contribution < 1.29 is 14.6 Å².